The average Bonchev–Trinajstić information content (AvgIpc) is 2.51. The van der Waals surface area contributed by atoms with Gasteiger partial charge in [-0.25, -0.2) is 0 Å². The molecule has 0 aliphatic rings. The Bertz CT molecular complexity index is 344. The van der Waals surface area contributed by atoms with Crippen LogP contribution in [0.3, 0.4) is 0 Å². The molecule has 12 heavy (non-hydrogen) atoms. The van der Waals surface area contributed by atoms with Gasteiger partial charge in [0, 0.05) is 6.08 Å². The molecule has 0 aromatic carbocycles. The van der Waals surface area contributed by atoms with Crippen LogP contribution in [0.15, 0.2) is 28.4 Å². The van der Waals surface area contributed by atoms with Gasteiger partial charge in [0.25, 0.3) is 5.91 Å². The summed E-state index contributed by atoms with van der Waals surface area (Å²) < 4.78 is 4.88. The van der Waals surface area contributed by atoms with Crippen molar-refractivity contribution in [2.75, 3.05) is 0 Å². The lowest BCUT2D eigenvalue weighted by Crippen LogP contribution is -2.12. The standard InChI is InChI=1S/C8H6N2O2/c9-5-6(8(10)11)4-7-2-1-3-12-7/h1-4H,(H2,10,11)/b6-4+. The summed E-state index contributed by atoms with van der Waals surface area (Å²) in [5.74, 6) is -0.320. The molecular weight excluding hydrogens is 156 g/mol. The van der Waals surface area contributed by atoms with Crippen LogP contribution in [0.4, 0.5) is 0 Å². The third-order valence-electron chi connectivity index (χ3n) is 1.22. The van der Waals surface area contributed by atoms with E-state index in [-0.39, 0.29) is 5.57 Å². The van der Waals surface area contributed by atoms with Gasteiger partial charge in [0.15, 0.2) is 0 Å². The molecule has 60 valence electrons. The van der Waals surface area contributed by atoms with Gasteiger partial charge in [0.05, 0.1) is 6.26 Å². The number of nitrogens with two attached hydrogens (primary N) is 1. The van der Waals surface area contributed by atoms with E-state index in [4.69, 9.17) is 15.4 Å². The quantitative estimate of drug-likeness (QED) is 0.512. The van der Waals surface area contributed by atoms with Gasteiger partial charge < -0.3 is 10.2 Å². The summed E-state index contributed by atoms with van der Waals surface area (Å²) in [7, 11) is 0. The second-order valence-corrected chi connectivity index (χ2v) is 2.05. The number of hydrogen-bond acceptors (Lipinski definition) is 3. The van der Waals surface area contributed by atoms with E-state index in [1.54, 1.807) is 18.2 Å². The molecule has 0 radical (unpaired) electrons. The Hall–Kier alpha value is -2.02. The van der Waals surface area contributed by atoms with E-state index in [9.17, 15) is 4.79 Å². The van der Waals surface area contributed by atoms with E-state index in [1.807, 2.05) is 0 Å². The van der Waals surface area contributed by atoms with E-state index >= 15 is 0 Å². The number of rotatable bonds is 2. The first kappa shape index (κ1) is 8.08. The zero-order valence-electron chi connectivity index (χ0n) is 6.15. The van der Waals surface area contributed by atoms with Crippen LogP contribution >= 0.6 is 0 Å². The van der Waals surface area contributed by atoms with Crippen LogP contribution in [0.25, 0.3) is 6.08 Å². The van der Waals surface area contributed by atoms with Crippen molar-refractivity contribution in [3.63, 3.8) is 0 Å². The highest BCUT2D eigenvalue weighted by atomic mass is 16.3. The summed E-state index contributed by atoms with van der Waals surface area (Å²) in [4.78, 5) is 10.5. The molecule has 0 saturated heterocycles. The zero-order valence-corrected chi connectivity index (χ0v) is 6.15. The van der Waals surface area contributed by atoms with Crippen LogP contribution in [0.2, 0.25) is 0 Å². The maximum atomic E-state index is 10.5. The normalized spacial score (nSPS) is 10.8. The number of primary amides is 1. The van der Waals surface area contributed by atoms with Crippen LogP contribution in [0, 0.1) is 11.3 Å². The maximum Gasteiger partial charge on any atom is 0.259 e. The number of nitrogens with zero attached hydrogens (tertiary/aromatic N) is 1. The fraction of sp³-hybridized carbons (Fsp3) is 0. The third kappa shape index (κ3) is 1.73. The van der Waals surface area contributed by atoms with Crippen LogP contribution < -0.4 is 5.73 Å². The molecule has 1 aromatic rings. The average molecular weight is 162 g/mol. The van der Waals surface area contributed by atoms with E-state index in [2.05, 4.69) is 0 Å². The van der Waals surface area contributed by atoms with Crippen molar-refractivity contribution in [2.24, 2.45) is 5.73 Å². The lowest BCUT2D eigenvalue weighted by Gasteiger charge is -1.87. The third-order valence-corrected chi connectivity index (χ3v) is 1.22. The number of nitriles is 1. The predicted octanol–water partition coefficient (Wildman–Crippen LogP) is 0.672. The Morgan fingerprint density at radius 1 is 1.75 bits per heavy atom. The first-order valence-electron chi connectivity index (χ1n) is 3.19. The van der Waals surface area contributed by atoms with Crippen LogP contribution in [-0.4, -0.2) is 5.91 Å². The summed E-state index contributed by atoms with van der Waals surface area (Å²) in [6.45, 7) is 0. The van der Waals surface area contributed by atoms with Crippen molar-refractivity contribution in [1.29, 1.82) is 5.26 Å². The SMILES string of the molecule is N#C/C(=C\c1ccco1)C(N)=O. The second-order valence-electron chi connectivity index (χ2n) is 2.05. The highest BCUT2D eigenvalue weighted by Crippen LogP contribution is 2.05. The second kappa shape index (κ2) is 3.39. The number of amides is 1. The molecule has 0 atom stereocenters. The minimum Gasteiger partial charge on any atom is -0.465 e. The Kier molecular flexibility index (Phi) is 2.29. The topological polar surface area (TPSA) is 80.0 Å². The first-order chi connectivity index (χ1) is 5.74. The lowest BCUT2D eigenvalue weighted by molar-refractivity contribution is -0.114. The molecule has 0 fully saturated rings. The Morgan fingerprint density at radius 2 is 2.50 bits per heavy atom. The van der Waals surface area contributed by atoms with Gasteiger partial charge in [-0.2, -0.15) is 5.26 Å². The fourth-order valence-corrected chi connectivity index (χ4v) is 0.674. The van der Waals surface area contributed by atoms with Gasteiger partial charge in [0.1, 0.15) is 17.4 Å². The summed E-state index contributed by atoms with van der Waals surface area (Å²) in [5.41, 5.74) is 4.77. The molecule has 1 rings (SSSR count). The van der Waals surface area contributed by atoms with Crippen molar-refractivity contribution < 1.29 is 9.21 Å². The molecule has 4 heteroatoms. The molecule has 2 N–H and O–H groups in total. The van der Waals surface area contributed by atoms with E-state index in [1.165, 1.54) is 12.3 Å². The van der Waals surface area contributed by atoms with Crippen molar-refractivity contribution in [2.45, 2.75) is 0 Å². The van der Waals surface area contributed by atoms with Crippen LogP contribution in [0.1, 0.15) is 5.76 Å². The highest BCUT2D eigenvalue weighted by molar-refractivity contribution is 6.00. The summed E-state index contributed by atoms with van der Waals surface area (Å²) in [6, 6.07) is 4.95. The van der Waals surface area contributed by atoms with Gasteiger partial charge in [-0.3, -0.25) is 4.79 Å². The number of furan rings is 1. The van der Waals surface area contributed by atoms with E-state index in [0.29, 0.717) is 5.76 Å². The van der Waals surface area contributed by atoms with Crippen molar-refractivity contribution >= 4 is 12.0 Å². The summed E-state index contributed by atoms with van der Waals surface area (Å²) >= 11 is 0. The molecule has 1 amide bonds. The molecule has 0 unspecified atom stereocenters. The lowest BCUT2D eigenvalue weighted by atomic mass is 10.2. The molecule has 0 bridgehead atoms. The van der Waals surface area contributed by atoms with Crippen molar-refractivity contribution in [3.8, 4) is 6.07 Å². The minimum atomic E-state index is -0.756. The molecule has 0 saturated carbocycles. The molecule has 1 heterocycles. The maximum absolute atomic E-state index is 10.5. The number of hydrogen-bond donors (Lipinski definition) is 1. The van der Waals surface area contributed by atoms with Gasteiger partial charge in [-0.05, 0) is 12.1 Å². The Labute approximate surface area is 68.9 Å². The van der Waals surface area contributed by atoms with Crippen molar-refractivity contribution in [3.05, 3.63) is 29.7 Å². The molecule has 1 aromatic heterocycles. The van der Waals surface area contributed by atoms with E-state index < -0.39 is 5.91 Å². The monoisotopic (exact) mass is 162 g/mol. The smallest absolute Gasteiger partial charge is 0.259 e. The minimum absolute atomic E-state index is 0.120. The largest absolute Gasteiger partial charge is 0.465 e. The van der Waals surface area contributed by atoms with Crippen LogP contribution in [-0.2, 0) is 4.79 Å². The number of carbonyl (C=O) groups excluding carboxylic acids is 1. The van der Waals surface area contributed by atoms with Crippen molar-refractivity contribution in [1.82, 2.24) is 0 Å². The molecule has 4 nitrogen and oxygen atoms in total. The Balaban J connectivity index is 2.95. The molecule has 0 spiro atoms. The van der Waals surface area contributed by atoms with Gasteiger partial charge >= 0.3 is 0 Å². The number of carbonyl (C=O) groups is 1. The first-order valence-corrected chi connectivity index (χ1v) is 3.19. The molecule has 0 aliphatic heterocycles. The fourth-order valence-electron chi connectivity index (χ4n) is 0.674. The van der Waals surface area contributed by atoms with Crippen LogP contribution in [0.5, 0.6) is 0 Å². The summed E-state index contributed by atoms with van der Waals surface area (Å²) in [6.07, 6.45) is 2.74. The summed E-state index contributed by atoms with van der Waals surface area (Å²) in [5, 5.41) is 8.43. The molecular formula is C8H6N2O2. The zero-order chi connectivity index (χ0) is 8.97. The molecule has 0 aliphatic carbocycles. The van der Waals surface area contributed by atoms with Gasteiger partial charge in [-0.15, -0.1) is 0 Å². The van der Waals surface area contributed by atoms with E-state index in [0.717, 1.165) is 0 Å². The predicted molar refractivity (Wildman–Crippen MR) is 41.5 cm³/mol. The Morgan fingerprint density at radius 3 is 2.92 bits per heavy atom. The van der Waals surface area contributed by atoms with Gasteiger partial charge in [0.2, 0.25) is 0 Å². The highest BCUT2D eigenvalue weighted by Gasteiger charge is 2.03. The van der Waals surface area contributed by atoms with Gasteiger partial charge in [-0.1, -0.05) is 0 Å².